The Kier molecular flexibility index (Phi) is 5.52. The van der Waals surface area contributed by atoms with Crippen molar-refractivity contribution in [1.29, 1.82) is 0 Å². The van der Waals surface area contributed by atoms with Gasteiger partial charge in [0.2, 0.25) is 0 Å². The van der Waals surface area contributed by atoms with Gasteiger partial charge in [-0.1, -0.05) is 61.2 Å². The number of hydrogen-bond donors (Lipinski definition) is 0. The first-order chi connectivity index (χ1) is 14.5. The summed E-state index contributed by atoms with van der Waals surface area (Å²) >= 11 is 6.65. The first kappa shape index (κ1) is 20.1. The number of furan rings is 1. The third-order valence-corrected chi connectivity index (χ3v) is 5.98. The zero-order valence-corrected chi connectivity index (χ0v) is 17.5. The number of rotatable bonds is 5. The van der Waals surface area contributed by atoms with E-state index in [0.29, 0.717) is 26.3 Å². The molecule has 2 heterocycles. The van der Waals surface area contributed by atoms with E-state index in [1.54, 1.807) is 36.4 Å². The molecule has 0 atom stereocenters. The zero-order valence-electron chi connectivity index (χ0n) is 15.9. The number of amides is 1. The molecule has 0 bridgehead atoms. The van der Waals surface area contributed by atoms with Gasteiger partial charge < -0.3 is 4.42 Å². The Balaban J connectivity index is 1.65. The Labute approximate surface area is 182 Å². The van der Waals surface area contributed by atoms with Gasteiger partial charge in [-0.15, -0.1) is 0 Å². The van der Waals surface area contributed by atoms with Crippen LogP contribution in [0.25, 0.3) is 17.4 Å². The number of hydrogen-bond acceptors (Lipinski definition) is 6. The monoisotopic (exact) mass is 436 g/mol. The first-order valence-electron chi connectivity index (χ1n) is 9.19. The van der Waals surface area contributed by atoms with E-state index < -0.39 is 4.92 Å². The van der Waals surface area contributed by atoms with Gasteiger partial charge in [0.15, 0.2) is 4.32 Å². The smallest absolute Gasteiger partial charge is 0.280 e. The third kappa shape index (κ3) is 3.67. The van der Waals surface area contributed by atoms with E-state index in [2.05, 4.69) is 0 Å². The lowest BCUT2D eigenvalue weighted by atomic mass is 10.1. The van der Waals surface area contributed by atoms with E-state index in [0.717, 1.165) is 17.7 Å². The lowest BCUT2D eigenvalue weighted by Gasteiger charge is -2.17. The van der Waals surface area contributed by atoms with E-state index in [-0.39, 0.29) is 11.6 Å². The van der Waals surface area contributed by atoms with Crippen molar-refractivity contribution < 1.29 is 14.1 Å². The second-order valence-corrected chi connectivity index (χ2v) is 8.15. The topological polar surface area (TPSA) is 76.6 Å². The highest BCUT2D eigenvalue weighted by Crippen LogP contribution is 2.38. The molecular formula is C22H16N2O4S2. The molecule has 6 nitrogen and oxygen atoms in total. The second-order valence-electron chi connectivity index (χ2n) is 6.48. The van der Waals surface area contributed by atoms with Crippen LogP contribution in [0.4, 0.5) is 11.4 Å². The summed E-state index contributed by atoms with van der Waals surface area (Å²) in [5.41, 5.74) is 2.16. The number of carbonyl (C=O) groups excluding carboxylic acids is 1. The van der Waals surface area contributed by atoms with Crippen LogP contribution in [-0.4, -0.2) is 15.2 Å². The van der Waals surface area contributed by atoms with Crippen LogP contribution in [0.1, 0.15) is 18.2 Å². The van der Waals surface area contributed by atoms with Crippen LogP contribution in [0.3, 0.4) is 0 Å². The Morgan fingerprint density at radius 2 is 1.87 bits per heavy atom. The average molecular weight is 437 g/mol. The molecule has 1 aromatic heterocycles. The maximum atomic E-state index is 13.0. The molecule has 1 aliphatic rings. The molecule has 0 N–H and O–H groups in total. The zero-order chi connectivity index (χ0) is 21.3. The Hall–Kier alpha value is -3.23. The molecule has 1 fully saturated rings. The van der Waals surface area contributed by atoms with Crippen LogP contribution < -0.4 is 4.90 Å². The number of nitro benzene ring substituents is 1. The molecule has 0 spiro atoms. The van der Waals surface area contributed by atoms with Crippen molar-refractivity contribution in [1.82, 2.24) is 0 Å². The van der Waals surface area contributed by atoms with Crippen LogP contribution in [0.5, 0.6) is 0 Å². The quantitative estimate of drug-likeness (QED) is 0.217. The van der Waals surface area contributed by atoms with Gasteiger partial charge in [-0.3, -0.25) is 19.8 Å². The molecule has 4 rings (SSSR count). The van der Waals surface area contributed by atoms with Gasteiger partial charge in [0, 0.05) is 12.1 Å². The van der Waals surface area contributed by atoms with Gasteiger partial charge in [0.05, 0.1) is 21.1 Å². The Morgan fingerprint density at radius 1 is 1.13 bits per heavy atom. The summed E-state index contributed by atoms with van der Waals surface area (Å²) in [6.07, 6.45) is 2.40. The highest BCUT2D eigenvalue weighted by molar-refractivity contribution is 8.27. The largest absolute Gasteiger partial charge is 0.456 e. The first-order valence-corrected chi connectivity index (χ1v) is 10.4. The molecule has 1 saturated heterocycles. The highest BCUT2D eigenvalue weighted by Gasteiger charge is 2.34. The normalized spacial score (nSPS) is 15.2. The Morgan fingerprint density at radius 3 is 2.63 bits per heavy atom. The van der Waals surface area contributed by atoms with Crippen molar-refractivity contribution >= 4 is 51.7 Å². The molecule has 30 heavy (non-hydrogen) atoms. The predicted molar refractivity (Wildman–Crippen MR) is 122 cm³/mol. The van der Waals surface area contributed by atoms with Crippen molar-refractivity contribution in [2.45, 2.75) is 13.3 Å². The second kappa shape index (κ2) is 8.25. The fourth-order valence-electron chi connectivity index (χ4n) is 3.25. The van der Waals surface area contributed by atoms with Crippen LogP contribution in [-0.2, 0) is 11.2 Å². The van der Waals surface area contributed by atoms with Gasteiger partial charge in [0.1, 0.15) is 11.5 Å². The standard InChI is InChI=1S/C22H16N2O4S2/c1-2-14-7-3-5-9-17(14)23-21(25)20(30-22(23)29)13-15-11-12-19(28-15)16-8-4-6-10-18(16)24(26)27/h3-13H,2H2,1H3. The van der Waals surface area contributed by atoms with Crippen LogP contribution in [0.15, 0.2) is 70.0 Å². The van der Waals surface area contributed by atoms with E-state index in [1.165, 1.54) is 22.7 Å². The number of aryl methyl sites for hydroxylation is 1. The molecule has 0 saturated carbocycles. The fourth-order valence-corrected chi connectivity index (χ4v) is 4.51. The molecule has 2 aromatic carbocycles. The minimum Gasteiger partial charge on any atom is -0.456 e. The van der Waals surface area contributed by atoms with E-state index >= 15 is 0 Å². The summed E-state index contributed by atoms with van der Waals surface area (Å²) in [5, 5.41) is 11.3. The van der Waals surface area contributed by atoms with Crippen LogP contribution >= 0.6 is 24.0 Å². The van der Waals surface area contributed by atoms with Crippen molar-refractivity contribution in [2.24, 2.45) is 0 Å². The number of anilines is 1. The number of thiocarbonyl (C=S) groups is 1. The lowest BCUT2D eigenvalue weighted by Crippen LogP contribution is -2.28. The minimum atomic E-state index is -0.451. The summed E-state index contributed by atoms with van der Waals surface area (Å²) in [4.78, 5) is 25.8. The van der Waals surface area contributed by atoms with Gasteiger partial charge in [-0.2, -0.15) is 0 Å². The number of nitrogens with zero attached hydrogens (tertiary/aromatic N) is 2. The molecule has 0 aliphatic carbocycles. The summed E-state index contributed by atoms with van der Waals surface area (Å²) in [5.74, 6) is 0.572. The molecule has 0 radical (unpaired) electrons. The highest BCUT2D eigenvalue weighted by atomic mass is 32.2. The van der Waals surface area contributed by atoms with Crippen molar-refractivity contribution in [3.05, 3.63) is 87.0 Å². The minimum absolute atomic E-state index is 0.0408. The van der Waals surface area contributed by atoms with Crippen LogP contribution in [0.2, 0.25) is 0 Å². The van der Waals surface area contributed by atoms with Crippen molar-refractivity contribution in [3.63, 3.8) is 0 Å². The average Bonchev–Trinajstić information content (AvgIpc) is 3.32. The molecule has 8 heteroatoms. The number of thioether (sulfide) groups is 1. The van der Waals surface area contributed by atoms with E-state index in [9.17, 15) is 14.9 Å². The Bertz CT molecular complexity index is 1200. The molecule has 1 aliphatic heterocycles. The fraction of sp³-hybridized carbons (Fsp3) is 0.0909. The molecule has 150 valence electrons. The maximum absolute atomic E-state index is 13.0. The SMILES string of the molecule is CCc1ccccc1N1C(=O)C(=Cc2ccc(-c3ccccc3[N+](=O)[O-])o2)SC1=S. The number of para-hydroxylation sites is 2. The number of carbonyl (C=O) groups is 1. The molecule has 1 amide bonds. The molecular weight excluding hydrogens is 420 g/mol. The molecule has 0 unspecified atom stereocenters. The van der Waals surface area contributed by atoms with Gasteiger partial charge in [-0.05, 0) is 36.2 Å². The summed E-state index contributed by atoms with van der Waals surface area (Å²) < 4.78 is 6.24. The number of nitro groups is 1. The van der Waals surface area contributed by atoms with E-state index in [1.807, 2.05) is 31.2 Å². The predicted octanol–water partition coefficient (Wildman–Crippen LogP) is 5.82. The third-order valence-electron chi connectivity index (χ3n) is 4.67. The van der Waals surface area contributed by atoms with Gasteiger partial charge >= 0.3 is 0 Å². The van der Waals surface area contributed by atoms with Gasteiger partial charge in [-0.25, -0.2) is 0 Å². The summed E-state index contributed by atoms with van der Waals surface area (Å²) in [6.45, 7) is 2.03. The maximum Gasteiger partial charge on any atom is 0.280 e. The van der Waals surface area contributed by atoms with Crippen molar-refractivity contribution in [2.75, 3.05) is 4.90 Å². The van der Waals surface area contributed by atoms with Gasteiger partial charge in [0.25, 0.3) is 11.6 Å². The van der Waals surface area contributed by atoms with E-state index in [4.69, 9.17) is 16.6 Å². The lowest BCUT2D eigenvalue weighted by molar-refractivity contribution is -0.384. The summed E-state index contributed by atoms with van der Waals surface area (Å²) in [7, 11) is 0. The van der Waals surface area contributed by atoms with Crippen molar-refractivity contribution in [3.8, 4) is 11.3 Å². The molecule has 3 aromatic rings. The number of benzene rings is 2. The van der Waals surface area contributed by atoms with Crippen LogP contribution in [0, 0.1) is 10.1 Å². The summed E-state index contributed by atoms with van der Waals surface area (Å²) in [6, 6.07) is 17.4.